The van der Waals surface area contributed by atoms with Gasteiger partial charge in [0.1, 0.15) is 0 Å². The first-order chi connectivity index (χ1) is 8.88. The van der Waals surface area contributed by atoms with Gasteiger partial charge in [0.15, 0.2) is 9.84 Å². The molecule has 2 aromatic carbocycles. The van der Waals surface area contributed by atoms with E-state index in [9.17, 15) is 8.42 Å². The van der Waals surface area contributed by atoms with E-state index in [1.165, 1.54) is 0 Å². The van der Waals surface area contributed by atoms with E-state index >= 15 is 0 Å². The van der Waals surface area contributed by atoms with Crippen LogP contribution in [0.4, 0.5) is 5.69 Å². The zero-order valence-corrected chi connectivity index (χ0v) is 12.0. The molecule has 0 aromatic heterocycles. The highest BCUT2D eigenvalue weighted by Gasteiger charge is 2.17. The van der Waals surface area contributed by atoms with E-state index < -0.39 is 9.84 Å². The van der Waals surface area contributed by atoms with Crippen molar-refractivity contribution in [1.29, 1.82) is 0 Å². The summed E-state index contributed by atoms with van der Waals surface area (Å²) >= 11 is 5.80. The van der Waals surface area contributed by atoms with Crippen LogP contribution in [0.25, 0.3) is 0 Å². The van der Waals surface area contributed by atoms with Crippen molar-refractivity contribution in [3.8, 4) is 0 Å². The monoisotopic (exact) mass is 295 g/mol. The minimum absolute atomic E-state index is 0.126. The minimum Gasteiger partial charge on any atom is -0.398 e. The average molecular weight is 296 g/mol. The number of benzene rings is 2. The number of sulfone groups is 1. The molecule has 0 aliphatic rings. The predicted molar refractivity (Wildman–Crippen MR) is 77.9 cm³/mol. The van der Waals surface area contributed by atoms with Crippen LogP contribution in [0.15, 0.2) is 47.4 Å². The summed E-state index contributed by atoms with van der Waals surface area (Å²) in [5, 5.41) is 0.495. The molecule has 0 unspecified atom stereocenters. The summed E-state index contributed by atoms with van der Waals surface area (Å²) in [5.41, 5.74) is 7.65. The highest BCUT2D eigenvalue weighted by Crippen LogP contribution is 2.23. The van der Waals surface area contributed by atoms with Crippen molar-refractivity contribution in [3.05, 3.63) is 58.6 Å². The van der Waals surface area contributed by atoms with Gasteiger partial charge in [0.05, 0.1) is 10.6 Å². The molecule has 0 atom stereocenters. The molecule has 19 heavy (non-hydrogen) atoms. The van der Waals surface area contributed by atoms with E-state index in [1.807, 2.05) is 13.0 Å². The lowest BCUT2D eigenvalue weighted by molar-refractivity contribution is 0.595. The SMILES string of the molecule is Cc1cccc(S(=O)(=O)Cc2ccc(Cl)cc2N)c1. The van der Waals surface area contributed by atoms with Crippen molar-refractivity contribution in [2.45, 2.75) is 17.6 Å². The number of anilines is 1. The van der Waals surface area contributed by atoms with Crippen LogP contribution in [0.2, 0.25) is 5.02 Å². The molecule has 0 fully saturated rings. The number of aryl methyl sites for hydroxylation is 1. The fraction of sp³-hybridized carbons (Fsp3) is 0.143. The highest BCUT2D eigenvalue weighted by molar-refractivity contribution is 7.90. The average Bonchev–Trinajstić information content (AvgIpc) is 2.33. The Morgan fingerprint density at radius 2 is 1.89 bits per heavy atom. The lowest BCUT2D eigenvalue weighted by atomic mass is 10.2. The van der Waals surface area contributed by atoms with Crippen LogP contribution in [0.1, 0.15) is 11.1 Å². The van der Waals surface area contributed by atoms with Crippen LogP contribution in [0.3, 0.4) is 0 Å². The van der Waals surface area contributed by atoms with Gasteiger partial charge in [0.25, 0.3) is 0 Å². The van der Waals surface area contributed by atoms with Gasteiger partial charge in [0, 0.05) is 10.7 Å². The maximum Gasteiger partial charge on any atom is 0.182 e. The van der Waals surface area contributed by atoms with Crippen LogP contribution in [-0.4, -0.2) is 8.42 Å². The quantitative estimate of drug-likeness (QED) is 0.885. The van der Waals surface area contributed by atoms with Crippen molar-refractivity contribution in [2.75, 3.05) is 5.73 Å². The summed E-state index contributed by atoms with van der Waals surface area (Å²) in [6, 6.07) is 11.7. The van der Waals surface area contributed by atoms with Crippen molar-refractivity contribution in [3.63, 3.8) is 0 Å². The van der Waals surface area contributed by atoms with Gasteiger partial charge < -0.3 is 5.73 Å². The summed E-state index contributed by atoms with van der Waals surface area (Å²) in [7, 11) is -3.39. The molecule has 2 rings (SSSR count). The lowest BCUT2D eigenvalue weighted by Crippen LogP contribution is -2.07. The van der Waals surface area contributed by atoms with Gasteiger partial charge in [-0.15, -0.1) is 0 Å². The molecule has 0 saturated heterocycles. The number of nitrogens with two attached hydrogens (primary N) is 1. The highest BCUT2D eigenvalue weighted by atomic mass is 35.5. The Balaban J connectivity index is 2.36. The number of hydrogen-bond acceptors (Lipinski definition) is 3. The van der Waals surface area contributed by atoms with E-state index in [1.54, 1.807) is 36.4 Å². The first kappa shape index (κ1) is 13.9. The zero-order valence-electron chi connectivity index (χ0n) is 10.4. The molecule has 0 heterocycles. The Morgan fingerprint density at radius 3 is 2.53 bits per heavy atom. The van der Waals surface area contributed by atoms with Gasteiger partial charge in [-0.05, 0) is 42.3 Å². The molecule has 0 radical (unpaired) electrons. The number of rotatable bonds is 3. The summed E-state index contributed by atoms with van der Waals surface area (Å²) in [6.07, 6.45) is 0. The van der Waals surface area contributed by atoms with Crippen LogP contribution in [-0.2, 0) is 15.6 Å². The minimum atomic E-state index is -3.39. The van der Waals surface area contributed by atoms with Crippen molar-refractivity contribution in [2.24, 2.45) is 0 Å². The lowest BCUT2D eigenvalue weighted by Gasteiger charge is -2.08. The van der Waals surface area contributed by atoms with Crippen molar-refractivity contribution in [1.82, 2.24) is 0 Å². The summed E-state index contributed by atoms with van der Waals surface area (Å²) < 4.78 is 24.6. The largest absolute Gasteiger partial charge is 0.398 e. The molecule has 100 valence electrons. The molecule has 0 aliphatic carbocycles. The molecule has 0 amide bonds. The standard InChI is InChI=1S/C14H14ClNO2S/c1-10-3-2-4-13(7-10)19(17,18)9-11-5-6-12(15)8-14(11)16/h2-8H,9,16H2,1H3. The Labute approximate surface area is 117 Å². The molecule has 3 nitrogen and oxygen atoms in total. The molecule has 0 spiro atoms. The Bertz CT molecular complexity index is 711. The number of hydrogen-bond donors (Lipinski definition) is 1. The van der Waals surface area contributed by atoms with Crippen LogP contribution >= 0.6 is 11.6 Å². The molecular weight excluding hydrogens is 282 g/mol. The molecule has 0 bridgehead atoms. The van der Waals surface area contributed by atoms with E-state index in [-0.39, 0.29) is 5.75 Å². The van der Waals surface area contributed by atoms with Crippen LogP contribution < -0.4 is 5.73 Å². The van der Waals surface area contributed by atoms with E-state index in [4.69, 9.17) is 17.3 Å². The molecule has 2 N–H and O–H groups in total. The maximum atomic E-state index is 12.3. The van der Waals surface area contributed by atoms with Crippen LogP contribution in [0, 0.1) is 6.92 Å². The van der Waals surface area contributed by atoms with Crippen molar-refractivity contribution >= 4 is 27.1 Å². The van der Waals surface area contributed by atoms with Gasteiger partial charge in [-0.3, -0.25) is 0 Å². The normalized spacial score (nSPS) is 11.5. The second-order valence-corrected chi connectivity index (χ2v) is 6.84. The van der Waals surface area contributed by atoms with Gasteiger partial charge in [0.2, 0.25) is 0 Å². The maximum absolute atomic E-state index is 12.3. The summed E-state index contributed by atoms with van der Waals surface area (Å²) in [5.74, 6) is -0.126. The molecule has 0 aliphatic heterocycles. The molecule has 2 aromatic rings. The third-order valence-corrected chi connectivity index (χ3v) is 4.70. The van der Waals surface area contributed by atoms with E-state index in [0.717, 1.165) is 5.56 Å². The van der Waals surface area contributed by atoms with Crippen molar-refractivity contribution < 1.29 is 8.42 Å². The number of halogens is 1. The van der Waals surface area contributed by atoms with Gasteiger partial charge in [-0.1, -0.05) is 29.8 Å². The third-order valence-electron chi connectivity index (χ3n) is 2.80. The summed E-state index contributed by atoms with van der Waals surface area (Å²) in [6.45, 7) is 1.86. The van der Waals surface area contributed by atoms with E-state index in [2.05, 4.69) is 0 Å². The Kier molecular flexibility index (Phi) is 3.83. The fourth-order valence-electron chi connectivity index (χ4n) is 1.79. The second-order valence-electron chi connectivity index (χ2n) is 4.42. The van der Waals surface area contributed by atoms with E-state index in [0.29, 0.717) is 21.2 Å². The molecule has 0 saturated carbocycles. The first-order valence-corrected chi connectivity index (χ1v) is 7.75. The second kappa shape index (κ2) is 5.23. The summed E-state index contributed by atoms with van der Waals surface area (Å²) in [4.78, 5) is 0.307. The zero-order chi connectivity index (χ0) is 14.0. The smallest absolute Gasteiger partial charge is 0.182 e. The Hall–Kier alpha value is -1.52. The van der Waals surface area contributed by atoms with Gasteiger partial charge in [-0.25, -0.2) is 8.42 Å². The van der Waals surface area contributed by atoms with Gasteiger partial charge in [-0.2, -0.15) is 0 Å². The van der Waals surface area contributed by atoms with Crippen LogP contribution in [0.5, 0.6) is 0 Å². The molecular formula is C14H14ClNO2S. The third kappa shape index (κ3) is 3.28. The fourth-order valence-corrected chi connectivity index (χ4v) is 3.46. The van der Waals surface area contributed by atoms with Gasteiger partial charge >= 0.3 is 0 Å². The Morgan fingerprint density at radius 1 is 1.16 bits per heavy atom. The number of nitrogen functional groups attached to an aromatic ring is 1. The topological polar surface area (TPSA) is 60.2 Å². The molecule has 5 heteroatoms. The predicted octanol–water partition coefficient (Wildman–Crippen LogP) is 3.20. The first-order valence-electron chi connectivity index (χ1n) is 5.72.